The van der Waals surface area contributed by atoms with E-state index in [4.69, 9.17) is 4.84 Å². The van der Waals surface area contributed by atoms with E-state index in [2.05, 4.69) is 20.8 Å². The molecule has 25 heavy (non-hydrogen) atoms. The van der Waals surface area contributed by atoms with Gasteiger partial charge in [-0.3, -0.25) is 9.59 Å². The number of hydrogen-bond donors (Lipinski definition) is 1. The maximum absolute atomic E-state index is 12.3. The topological polar surface area (TPSA) is 87.2 Å². The molecule has 2 fully saturated rings. The third-order valence-electron chi connectivity index (χ3n) is 5.18. The number of aliphatic hydroxyl groups excluding tert-OH is 1. The van der Waals surface area contributed by atoms with Crippen LogP contribution in [-0.2, 0) is 19.2 Å². The van der Waals surface area contributed by atoms with Gasteiger partial charge in [0.05, 0.1) is 0 Å². The van der Waals surface area contributed by atoms with E-state index in [1.54, 1.807) is 0 Å². The van der Waals surface area contributed by atoms with E-state index in [1.807, 2.05) is 4.90 Å². The Morgan fingerprint density at radius 2 is 1.80 bits per heavy atom. The summed E-state index contributed by atoms with van der Waals surface area (Å²) in [7, 11) is 0. The summed E-state index contributed by atoms with van der Waals surface area (Å²) in [5.41, 5.74) is 0.274. The second-order valence-corrected chi connectivity index (χ2v) is 8.08. The molecule has 0 aromatic rings. The Morgan fingerprint density at radius 1 is 1.16 bits per heavy atom. The summed E-state index contributed by atoms with van der Waals surface area (Å²) >= 11 is 0. The minimum Gasteiger partial charge on any atom is -0.370 e. The molecule has 0 spiro atoms. The number of carbonyl (C=O) groups excluding carboxylic acids is 3. The highest BCUT2D eigenvalue weighted by Gasteiger charge is 2.33. The van der Waals surface area contributed by atoms with E-state index >= 15 is 0 Å². The van der Waals surface area contributed by atoms with Gasteiger partial charge in [-0.2, -0.15) is 0 Å². The average Bonchev–Trinajstić information content (AvgIpc) is 2.86. The minimum atomic E-state index is -1.05. The zero-order chi connectivity index (χ0) is 18.6. The molecule has 1 atom stereocenters. The Hall–Kier alpha value is -1.63. The highest BCUT2D eigenvalue weighted by Crippen LogP contribution is 2.34. The SMILES string of the molecule is CC(C)(C)C1CCN(C(=O)CCCC(=O)ON2C(=O)CCC2O)CC1. The average molecular weight is 354 g/mol. The number of carbonyl (C=O) groups is 3. The Balaban J connectivity index is 1.65. The van der Waals surface area contributed by atoms with Crippen LogP contribution < -0.4 is 0 Å². The second kappa shape index (κ2) is 8.17. The third-order valence-corrected chi connectivity index (χ3v) is 5.18. The van der Waals surface area contributed by atoms with E-state index < -0.39 is 18.1 Å². The standard InChI is InChI=1S/C18H30N2O5/c1-18(2,3)13-9-11-19(12-10-13)14(21)5-4-6-17(24)25-20-15(22)7-8-16(20)23/h13,15,22H,4-12H2,1-3H3. The third kappa shape index (κ3) is 5.42. The molecule has 2 aliphatic heterocycles. The molecule has 7 nitrogen and oxygen atoms in total. The molecular formula is C18H30N2O5. The lowest BCUT2D eigenvalue weighted by atomic mass is 9.75. The van der Waals surface area contributed by atoms with Gasteiger partial charge in [0, 0.05) is 38.8 Å². The number of nitrogens with zero attached hydrogens (tertiary/aromatic N) is 2. The molecule has 0 saturated carbocycles. The molecular weight excluding hydrogens is 324 g/mol. The van der Waals surface area contributed by atoms with Crippen LogP contribution in [0.1, 0.15) is 65.7 Å². The molecule has 2 rings (SSSR count). The quantitative estimate of drug-likeness (QED) is 0.814. The van der Waals surface area contributed by atoms with Gasteiger partial charge in [0.2, 0.25) is 5.91 Å². The molecule has 2 saturated heterocycles. The molecule has 2 heterocycles. The predicted molar refractivity (Wildman–Crippen MR) is 90.8 cm³/mol. The number of amides is 2. The molecule has 0 bridgehead atoms. The van der Waals surface area contributed by atoms with Crippen LogP contribution in [0.3, 0.4) is 0 Å². The summed E-state index contributed by atoms with van der Waals surface area (Å²) in [4.78, 5) is 42.2. The zero-order valence-electron chi connectivity index (χ0n) is 15.5. The normalized spacial score (nSPS) is 22.4. The van der Waals surface area contributed by atoms with Crippen molar-refractivity contribution < 1.29 is 24.3 Å². The number of hydroxylamine groups is 2. The molecule has 2 aliphatic rings. The van der Waals surface area contributed by atoms with Crippen LogP contribution in [0.5, 0.6) is 0 Å². The fourth-order valence-electron chi connectivity index (χ4n) is 3.45. The number of likely N-dealkylation sites (tertiary alicyclic amines) is 1. The Bertz CT molecular complexity index is 506. The molecule has 0 aromatic heterocycles. The summed E-state index contributed by atoms with van der Waals surface area (Å²) in [6.07, 6.45) is 2.18. The lowest BCUT2D eigenvalue weighted by Gasteiger charge is -2.38. The molecule has 7 heteroatoms. The van der Waals surface area contributed by atoms with Crippen LogP contribution in [0.2, 0.25) is 0 Å². The summed E-state index contributed by atoms with van der Waals surface area (Å²) in [6.45, 7) is 8.27. The van der Waals surface area contributed by atoms with Gasteiger partial charge in [-0.25, -0.2) is 4.79 Å². The van der Waals surface area contributed by atoms with Crippen molar-refractivity contribution in [3.8, 4) is 0 Å². The van der Waals surface area contributed by atoms with Crippen LogP contribution in [-0.4, -0.2) is 52.2 Å². The van der Waals surface area contributed by atoms with Gasteiger partial charge in [0.25, 0.3) is 5.91 Å². The number of rotatable bonds is 5. The largest absolute Gasteiger partial charge is 0.370 e. The van der Waals surface area contributed by atoms with E-state index in [-0.39, 0.29) is 30.6 Å². The molecule has 1 unspecified atom stereocenters. The van der Waals surface area contributed by atoms with Crippen LogP contribution >= 0.6 is 0 Å². The molecule has 0 aliphatic carbocycles. The van der Waals surface area contributed by atoms with Crippen LogP contribution in [0, 0.1) is 11.3 Å². The van der Waals surface area contributed by atoms with Gasteiger partial charge in [-0.15, -0.1) is 5.06 Å². The van der Waals surface area contributed by atoms with Gasteiger partial charge in [0.15, 0.2) is 6.23 Å². The lowest BCUT2D eigenvalue weighted by molar-refractivity contribution is -0.220. The van der Waals surface area contributed by atoms with Crippen molar-refractivity contribution in [3.05, 3.63) is 0 Å². The highest BCUT2D eigenvalue weighted by atomic mass is 16.7. The maximum atomic E-state index is 12.3. The Labute approximate surface area is 149 Å². The van der Waals surface area contributed by atoms with Crippen molar-refractivity contribution in [1.82, 2.24) is 9.96 Å². The first-order valence-corrected chi connectivity index (χ1v) is 9.17. The zero-order valence-corrected chi connectivity index (χ0v) is 15.5. The molecule has 2 amide bonds. The van der Waals surface area contributed by atoms with Crippen molar-refractivity contribution in [2.45, 2.75) is 71.9 Å². The van der Waals surface area contributed by atoms with Crippen LogP contribution in [0.4, 0.5) is 0 Å². The van der Waals surface area contributed by atoms with E-state index in [0.29, 0.717) is 18.8 Å². The minimum absolute atomic E-state index is 0.0562. The summed E-state index contributed by atoms with van der Waals surface area (Å²) < 4.78 is 0. The number of piperidine rings is 1. The summed E-state index contributed by atoms with van der Waals surface area (Å²) in [6, 6.07) is 0. The van der Waals surface area contributed by atoms with Crippen molar-refractivity contribution in [1.29, 1.82) is 0 Å². The summed E-state index contributed by atoms with van der Waals surface area (Å²) in [5.74, 6) is -0.277. The van der Waals surface area contributed by atoms with Crippen LogP contribution in [0.25, 0.3) is 0 Å². The smallest absolute Gasteiger partial charge is 0.332 e. The molecule has 1 N–H and O–H groups in total. The van der Waals surface area contributed by atoms with Gasteiger partial charge in [-0.1, -0.05) is 20.8 Å². The number of hydrogen-bond acceptors (Lipinski definition) is 5. The monoisotopic (exact) mass is 354 g/mol. The second-order valence-electron chi connectivity index (χ2n) is 8.08. The Kier molecular flexibility index (Phi) is 6.43. The van der Waals surface area contributed by atoms with Crippen molar-refractivity contribution in [3.63, 3.8) is 0 Å². The van der Waals surface area contributed by atoms with Crippen molar-refractivity contribution in [2.24, 2.45) is 11.3 Å². The first kappa shape index (κ1) is 19.7. The first-order valence-electron chi connectivity index (χ1n) is 9.17. The van der Waals surface area contributed by atoms with Crippen molar-refractivity contribution in [2.75, 3.05) is 13.1 Å². The predicted octanol–water partition coefficient (Wildman–Crippen LogP) is 1.84. The number of aliphatic hydroxyl groups is 1. The first-order chi connectivity index (χ1) is 11.7. The Morgan fingerprint density at radius 3 is 2.32 bits per heavy atom. The van der Waals surface area contributed by atoms with Crippen LogP contribution in [0.15, 0.2) is 0 Å². The molecule has 0 aromatic carbocycles. The van der Waals surface area contributed by atoms with Crippen molar-refractivity contribution >= 4 is 17.8 Å². The van der Waals surface area contributed by atoms with E-state index in [0.717, 1.165) is 31.0 Å². The van der Waals surface area contributed by atoms with E-state index in [9.17, 15) is 19.5 Å². The van der Waals surface area contributed by atoms with Gasteiger partial charge < -0.3 is 14.8 Å². The molecule has 0 radical (unpaired) electrons. The lowest BCUT2D eigenvalue weighted by Crippen LogP contribution is -2.41. The van der Waals surface area contributed by atoms with Gasteiger partial charge in [-0.05, 0) is 30.6 Å². The fraction of sp³-hybridized carbons (Fsp3) is 0.833. The fourth-order valence-corrected chi connectivity index (χ4v) is 3.45. The van der Waals surface area contributed by atoms with Gasteiger partial charge in [0.1, 0.15) is 0 Å². The highest BCUT2D eigenvalue weighted by molar-refractivity contribution is 5.80. The molecule has 142 valence electrons. The summed E-state index contributed by atoms with van der Waals surface area (Å²) in [5, 5.41) is 10.3. The van der Waals surface area contributed by atoms with Gasteiger partial charge >= 0.3 is 5.97 Å². The van der Waals surface area contributed by atoms with E-state index in [1.165, 1.54) is 0 Å². The maximum Gasteiger partial charge on any atom is 0.332 e.